The quantitative estimate of drug-likeness (QED) is 0.629. The van der Waals surface area contributed by atoms with Crippen LogP contribution in [0.2, 0.25) is 0 Å². The van der Waals surface area contributed by atoms with Gasteiger partial charge in [0.1, 0.15) is 5.75 Å². The van der Waals surface area contributed by atoms with Crippen LogP contribution in [-0.2, 0) is 9.53 Å². The highest BCUT2D eigenvalue weighted by atomic mass is 16.5. The second-order valence-corrected chi connectivity index (χ2v) is 8.42. The average molecular weight is 438 g/mol. The summed E-state index contributed by atoms with van der Waals surface area (Å²) >= 11 is 0. The lowest BCUT2D eigenvalue weighted by Gasteiger charge is -2.28. The number of hydrogen-bond acceptors (Lipinski definition) is 6. The molecule has 0 radical (unpaired) electrons. The maximum atomic E-state index is 12.9. The molecule has 2 aromatic carbocycles. The number of phenolic OH excluding ortho intramolecular Hbond substituents is 1. The number of cyclic esters (lactones) is 1. The van der Waals surface area contributed by atoms with E-state index in [4.69, 9.17) is 14.2 Å². The van der Waals surface area contributed by atoms with Crippen molar-refractivity contribution in [2.24, 2.45) is 5.92 Å². The van der Waals surface area contributed by atoms with E-state index in [0.29, 0.717) is 23.5 Å². The van der Waals surface area contributed by atoms with Crippen molar-refractivity contribution in [1.29, 1.82) is 0 Å². The summed E-state index contributed by atoms with van der Waals surface area (Å²) in [5.74, 6) is 0.893. The first-order valence-electron chi connectivity index (χ1n) is 11.3. The van der Waals surface area contributed by atoms with Crippen LogP contribution in [0.4, 0.5) is 0 Å². The van der Waals surface area contributed by atoms with Gasteiger partial charge in [-0.15, -0.1) is 0 Å². The number of carbonyl (C=O) groups excluding carboxylic acids is 1. The largest absolute Gasteiger partial charge is 0.507 e. The molecule has 0 saturated carbocycles. The van der Waals surface area contributed by atoms with Crippen molar-refractivity contribution in [3.63, 3.8) is 0 Å². The summed E-state index contributed by atoms with van der Waals surface area (Å²) in [6.07, 6.45) is 8.93. The zero-order valence-corrected chi connectivity index (χ0v) is 18.7. The van der Waals surface area contributed by atoms with Gasteiger partial charge < -0.3 is 24.6 Å². The molecule has 2 aliphatic heterocycles. The van der Waals surface area contributed by atoms with Crippen molar-refractivity contribution < 1.29 is 24.1 Å². The molecule has 2 aliphatic rings. The number of nitrogens with one attached hydrogen (secondary N) is 1. The Morgan fingerprint density at radius 2 is 1.91 bits per heavy atom. The number of ether oxygens (including phenoxy) is 3. The smallest absolute Gasteiger partial charge is 0.313 e. The number of rotatable bonds is 2. The van der Waals surface area contributed by atoms with E-state index in [1.54, 1.807) is 32.4 Å². The van der Waals surface area contributed by atoms with Crippen LogP contribution in [0.5, 0.6) is 17.2 Å². The van der Waals surface area contributed by atoms with E-state index in [9.17, 15) is 9.90 Å². The fourth-order valence-corrected chi connectivity index (χ4v) is 4.73. The number of esters is 1. The molecule has 6 heteroatoms. The topological polar surface area (TPSA) is 77.0 Å². The summed E-state index contributed by atoms with van der Waals surface area (Å²) in [4.78, 5) is 12.9. The van der Waals surface area contributed by atoms with Gasteiger partial charge in [0, 0.05) is 17.2 Å². The van der Waals surface area contributed by atoms with E-state index < -0.39 is 0 Å². The highest BCUT2D eigenvalue weighted by Crippen LogP contribution is 2.47. The number of phenols is 1. The fourth-order valence-electron chi connectivity index (χ4n) is 4.73. The minimum absolute atomic E-state index is 0.105. The van der Waals surface area contributed by atoms with Crippen molar-refractivity contribution in [1.82, 2.24) is 5.32 Å². The molecule has 0 unspecified atom stereocenters. The summed E-state index contributed by atoms with van der Waals surface area (Å²) in [6, 6.07) is 9.10. The van der Waals surface area contributed by atoms with Crippen molar-refractivity contribution in [2.75, 3.05) is 20.8 Å². The lowest BCUT2D eigenvalue weighted by atomic mass is 9.85. The van der Waals surface area contributed by atoms with Crippen molar-refractivity contribution in [2.45, 2.75) is 44.6 Å². The van der Waals surface area contributed by atoms with Crippen LogP contribution in [0.3, 0.4) is 0 Å². The third-order valence-corrected chi connectivity index (χ3v) is 6.41. The first-order valence-corrected chi connectivity index (χ1v) is 11.3. The van der Waals surface area contributed by atoms with Crippen LogP contribution >= 0.6 is 0 Å². The zero-order valence-electron chi connectivity index (χ0n) is 18.7. The normalized spacial score (nSPS) is 21.4. The highest BCUT2D eigenvalue weighted by molar-refractivity contribution is 5.83. The van der Waals surface area contributed by atoms with Crippen molar-refractivity contribution in [3.05, 3.63) is 47.7 Å². The van der Waals surface area contributed by atoms with Gasteiger partial charge >= 0.3 is 5.97 Å². The van der Waals surface area contributed by atoms with E-state index in [2.05, 4.69) is 5.32 Å². The van der Waals surface area contributed by atoms with Gasteiger partial charge in [0.2, 0.25) is 0 Å². The van der Waals surface area contributed by atoms with Crippen LogP contribution < -0.4 is 14.8 Å². The summed E-state index contributed by atoms with van der Waals surface area (Å²) < 4.78 is 16.9. The molecule has 2 atom stereocenters. The van der Waals surface area contributed by atoms with Crippen molar-refractivity contribution >= 4 is 12.0 Å². The first-order chi connectivity index (χ1) is 15.6. The summed E-state index contributed by atoms with van der Waals surface area (Å²) in [5.41, 5.74) is 3.21. The molecular formula is C26H31NO5. The summed E-state index contributed by atoms with van der Waals surface area (Å²) in [6.45, 7) is 0.853. The first kappa shape index (κ1) is 22.2. The highest BCUT2D eigenvalue weighted by Gasteiger charge is 2.30. The molecule has 0 aromatic heterocycles. The standard InChI is InChI=1S/C26H31NO5/c1-30-23-11-9-19-21-16-18(7-5-3-4-6-13-27-21)26(29)32-14-12-17-8-10-22(28)20(15-17)24(19)25(23)31-2/h8-12,14-15,18,21,27-28H,3-7,13,16H2,1-2H3/t18-,21-/m0/s1. The SMILES string of the molecule is COc1ccc2c(c1OC)-c1cc(ccc1O)C=COC(=O)[C@H]1CCCCCCN[C@H]2C1. The van der Waals surface area contributed by atoms with E-state index in [0.717, 1.165) is 55.3 Å². The minimum Gasteiger partial charge on any atom is -0.507 e. The molecule has 170 valence electrons. The lowest BCUT2D eigenvalue weighted by molar-refractivity contribution is -0.143. The average Bonchev–Trinajstić information content (AvgIpc) is 2.81. The van der Waals surface area contributed by atoms with Crippen LogP contribution in [0.1, 0.15) is 55.7 Å². The molecule has 6 nitrogen and oxygen atoms in total. The predicted molar refractivity (Wildman–Crippen MR) is 124 cm³/mol. The van der Waals surface area contributed by atoms with Crippen molar-refractivity contribution in [3.8, 4) is 28.4 Å². The Bertz CT molecular complexity index is 1000. The Morgan fingerprint density at radius 3 is 2.72 bits per heavy atom. The Balaban J connectivity index is 1.96. The Morgan fingerprint density at radius 1 is 1.06 bits per heavy atom. The van der Waals surface area contributed by atoms with E-state index in [1.165, 1.54) is 6.26 Å². The molecule has 0 aliphatic carbocycles. The van der Waals surface area contributed by atoms with Gasteiger partial charge in [-0.2, -0.15) is 0 Å². The number of methoxy groups -OCH3 is 2. The van der Waals surface area contributed by atoms with E-state index in [-0.39, 0.29) is 23.7 Å². The van der Waals surface area contributed by atoms with Crippen LogP contribution in [0.15, 0.2) is 36.6 Å². The third kappa shape index (κ3) is 4.60. The van der Waals surface area contributed by atoms with Crippen LogP contribution in [0, 0.1) is 5.92 Å². The van der Waals surface area contributed by atoms with E-state index >= 15 is 0 Å². The molecule has 1 fully saturated rings. The number of aromatic hydroxyl groups is 1. The Labute approximate surface area is 189 Å². The van der Waals surface area contributed by atoms with Gasteiger partial charge in [-0.05, 0) is 61.2 Å². The zero-order chi connectivity index (χ0) is 22.5. The summed E-state index contributed by atoms with van der Waals surface area (Å²) in [5, 5.41) is 14.5. The number of hydrogen-bond donors (Lipinski definition) is 2. The third-order valence-electron chi connectivity index (χ3n) is 6.41. The number of carbonyl (C=O) groups is 1. The molecular weight excluding hydrogens is 406 g/mol. The summed E-state index contributed by atoms with van der Waals surface area (Å²) in [7, 11) is 3.21. The van der Waals surface area contributed by atoms with Gasteiger partial charge in [0.25, 0.3) is 0 Å². The lowest BCUT2D eigenvalue weighted by Crippen LogP contribution is -2.29. The number of benzene rings is 2. The van der Waals surface area contributed by atoms with Crippen LogP contribution in [0.25, 0.3) is 17.2 Å². The maximum absolute atomic E-state index is 12.9. The molecule has 4 rings (SSSR count). The molecule has 0 spiro atoms. The monoisotopic (exact) mass is 437 g/mol. The van der Waals surface area contributed by atoms with Gasteiger partial charge in [-0.1, -0.05) is 31.4 Å². The molecule has 4 bridgehead atoms. The number of fused-ring (bicyclic) bond motifs is 7. The minimum atomic E-state index is -0.220. The second kappa shape index (κ2) is 10.1. The van der Waals surface area contributed by atoms with Gasteiger partial charge in [0.05, 0.1) is 26.4 Å². The fraction of sp³-hybridized carbons (Fsp3) is 0.423. The molecule has 1 saturated heterocycles. The second-order valence-electron chi connectivity index (χ2n) is 8.42. The van der Waals surface area contributed by atoms with Gasteiger partial charge in [-0.3, -0.25) is 4.79 Å². The molecule has 2 N–H and O–H groups in total. The Kier molecular flexibility index (Phi) is 7.00. The maximum Gasteiger partial charge on any atom is 0.313 e. The predicted octanol–water partition coefficient (Wildman–Crippen LogP) is 5.21. The van der Waals surface area contributed by atoms with Gasteiger partial charge in [-0.25, -0.2) is 0 Å². The molecule has 2 heterocycles. The molecule has 32 heavy (non-hydrogen) atoms. The van der Waals surface area contributed by atoms with Gasteiger partial charge in [0.15, 0.2) is 11.5 Å². The van der Waals surface area contributed by atoms with Crippen LogP contribution in [-0.4, -0.2) is 31.8 Å². The molecule has 2 aromatic rings. The molecule has 0 amide bonds. The van der Waals surface area contributed by atoms with E-state index in [1.807, 2.05) is 18.2 Å². The Hall–Kier alpha value is -2.99.